The van der Waals surface area contributed by atoms with Gasteiger partial charge in [0.25, 0.3) is 0 Å². The molecule has 2 aromatic carbocycles. The van der Waals surface area contributed by atoms with Gasteiger partial charge in [0.05, 0.1) is 5.41 Å². The van der Waals surface area contributed by atoms with Crippen LogP contribution in [0.3, 0.4) is 0 Å². The number of urea groups is 1. The molecule has 3 rings (SSSR count). The van der Waals surface area contributed by atoms with Crippen LogP contribution in [-0.2, 0) is 11.3 Å². The standard InChI is InChI=1S/C22H26ClN3O2/c1-16-7-3-4-8-17(16)14-24-20(27)22(2)11-6-12-26(15-22)21(28)25-19-10-5-9-18(23)13-19/h3-5,7-10,13H,6,11-12,14-15H2,1-2H3,(H,24,27)(H,25,28)/t22-/m1/s1. The molecule has 0 spiro atoms. The van der Waals surface area contributed by atoms with Crippen LogP contribution in [-0.4, -0.2) is 29.9 Å². The van der Waals surface area contributed by atoms with Crippen LogP contribution in [0.5, 0.6) is 0 Å². The smallest absolute Gasteiger partial charge is 0.321 e. The Morgan fingerprint density at radius 1 is 1.18 bits per heavy atom. The van der Waals surface area contributed by atoms with E-state index in [1.807, 2.05) is 38.1 Å². The summed E-state index contributed by atoms with van der Waals surface area (Å²) in [5.74, 6) is -0.0176. The zero-order chi connectivity index (χ0) is 20.1. The molecule has 28 heavy (non-hydrogen) atoms. The third kappa shape index (κ3) is 4.84. The molecule has 0 radical (unpaired) electrons. The molecule has 0 saturated carbocycles. The molecule has 1 fully saturated rings. The Kier molecular flexibility index (Phi) is 6.25. The minimum atomic E-state index is -0.605. The zero-order valence-corrected chi connectivity index (χ0v) is 17.1. The number of carbonyl (C=O) groups excluding carboxylic acids is 2. The molecule has 0 aliphatic carbocycles. The van der Waals surface area contributed by atoms with Crippen LogP contribution >= 0.6 is 11.6 Å². The normalized spacial score (nSPS) is 19.2. The highest BCUT2D eigenvalue weighted by molar-refractivity contribution is 6.30. The van der Waals surface area contributed by atoms with Gasteiger partial charge in [0.15, 0.2) is 0 Å². The third-order valence-corrected chi connectivity index (χ3v) is 5.54. The van der Waals surface area contributed by atoms with Crippen molar-refractivity contribution in [2.45, 2.75) is 33.2 Å². The van der Waals surface area contributed by atoms with Gasteiger partial charge in [-0.1, -0.05) is 41.9 Å². The Balaban J connectivity index is 1.61. The number of nitrogens with one attached hydrogen (secondary N) is 2. The van der Waals surface area contributed by atoms with Crippen LogP contribution in [0.4, 0.5) is 10.5 Å². The predicted molar refractivity (Wildman–Crippen MR) is 112 cm³/mol. The van der Waals surface area contributed by atoms with Crippen molar-refractivity contribution in [1.82, 2.24) is 10.2 Å². The van der Waals surface area contributed by atoms with Crippen LogP contribution < -0.4 is 10.6 Å². The largest absolute Gasteiger partial charge is 0.351 e. The average Bonchev–Trinajstić information content (AvgIpc) is 2.67. The van der Waals surface area contributed by atoms with E-state index in [4.69, 9.17) is 11.6 Å². The SMILES string of the molecule is Cc1ccccc1CNC(=O)[C@]1(C)CCCN(C(=O)Nc2cccc(Cl)c2)C1. The van der Waals surface area contributed by atoms with Crippen LogP contribution in [0.15, 0.2) is 48.5 Å². The fourth-order valence-corrected chi connectivity index (χ4v) is 3.75. The van der Waals surface area contributed by atoms with Crippen LogP contribution in [0.1, 0.15) is 30.9 Å². The summed E-state index contributed by atoms with van der Waals surface area (Å²) >= 11 is 5.98. The van der Waals surface area contributed by atoms with Gasteiger partial charge in [-0.05, 0) is 56.0 Å². The molecule has 2 N–H and O–H groups in total. The number of nitrogens with zero attached hydrogens (tertiary/aromatic N) is 1. The second kappa shape index (κ2) is 8.65. The predicted octanol–water partition coefficient (Wildman–Crippen LogP) is 4.60. The van der Waals surface area contributed by atoms with E-state index >= 15 is 0 Å². The van der Waals surface area contributed by atoms with Crippen LogP contribution in [0.25, 0.3) is 0 Å². The lowest BCUT2D eigenvalue weighted by Crippen LogP contribution is -2.52. The van der Waals surface area contributed by atoms with E-state index in [-0.39, 0.29) is 11.9 Å². The number of likely N-dealkylation sites (tertiary alicyclic amines) is 1. The number of halogens is 1. The van der Waals surface area contributed by atoms with Crippen molar-refractivity contribution in [1.29, 1.82) is 0 Å². The highest BCUT2D eigenvalue weighted by Crippen LogP contribution is 2.30. The topological polar surface area (TPSA) is 61.4 Å². The minimum absolute atomic E-state index is 0.0176. The first-order valence-corrected chi connectivity index (χ1v) is 9.89. The molecule has 0 aromatic heterocycles. The van der Waals surface area contributed by atoms with Gasteiger partial charge in [0, 0.05) is 30.3 Å². The number of amides is 3. The van der Waals surface area contributed by atoms with E-state index in [9.17, 15) is 9.59 Å². The summed E-state index contributed by atoms with van der Waals surface area (Å²) < 4.78 is 0. The second-order valence-electron chi connectivity index (χ2n) is 7.64. The molecule has 2 aromatic rings. The molecular weight excluding hydrogens is 374 g/mol. The maximum absolute atomic E-state index is 12.9. The molecule has 148 valence electrons. The fraction of sp³-hybridized carbons (Fsp3) is 0.364. The van der Waals surface area contributed by atoms with E-state index in [1.54, 1.807) is 29.2 Å². The van der Waals surface area contributed by atoms with E-state index < -0.39 is 5.41 Å². The molecule has 0 unspecified atom stereocenters. The lowest BCUT2D eigenvalue weighted by Gasteiger charge is -2.39. The first-order valence-electron chi connectivity index (χ1n) is 9.52. The molecule has 1 aliphatic rings. The zero-order valence-electron chi connectivity index (χ0n) is 16.3. The van der Waals surface area contributed by atoms with Gasteiger partial charge in [-0.2, -0.15) is 0 Å². The average molecular weight is 400 g/mol. The fourth-order valence-electron chi connectivity index (χ4n) is 3.56. The molecule has 1 aliphatic heterocycles. The number of piperidine rings is 1. The lowest BCUT2D eigenvalue weighted by atomic mass is 9.81. The third-order valence-electron chi connectivity index (χ3n) is 5.31. The number of anilines is 1. The van der Waals surface area contributed by atoms with Crippen LogP contribution in [0.2, 0.25) is 5.02 Å². The molecule has 1 atom stereocenters. The Bertz CT molecular complexity index is 870. The molecule has 5 nitrogen and oxygen atoms in total. The molecule has 1 saturated heterocycles. The van der Waals surface area contributed by atoms with Crippen molar-refractivity contribution in [3.8, 4) is 0 Å². The van der Waals surface area contributed by atoms with Gasteiger partial charge in [-0.15, -0.1) is 0 Å². The van der Waals surface area contributed by atoms with Crippen molar-refractivity contribution in [3.05, 3.63) is 64.7 Å². The van der Waals surface area contributed by atoms with Gasteiger partial charge in [-0.3, -0.25) is 4.79 Å². The maximum Gasteiger partial charge on any atom is 0.321 e. The molecule has 0 bridgehead atoms. The maximum atomic E-state index is 12.9. The summed E-state index contributed by atoms with van der Waals surface area (Å²) in [5.41, 5.74) is 2.30. The Morgan fingerprint density at radius 3 is 2.71 bits per heavy atom. The van der Waals surface area contributed by atoms with Crippen molar-refractivity contribution in [2.24, 2.45) is 5.41 Å². The minimum Gasteiger partial charge on any atom is -0.351 e. The number of benzene rings is 2. The van der Waals surface area contributed by atoms with E-state index in [0.29, 0.717) is 30.3 Å². The summed E-state index contributed by atoms with van der Waals surface area (Å²) in [6, 6.07) is 14.8. The van der Waals surface area contributed by atoms with E-state index in [1.165, 1.54) is 0 Å². The van der Waals surface area contributed by atoms with Crippen molar-refractivity contribution < 1.29 is 9.59 Å². The summed E-state index contributed by atoms with van der Waals surface area (Å²) in [4.78, 5) is 27.2. The van der Waals surface area contributed by atoms with Crippen LogP contribution in [0, 0.1) is 12.3 Å². The van der Waals surface area contributed by atoms with Crippen molar-refractivity contribution in [2.75, 3.05) is 18.4 Å². The molecule has 6 heteroatoms. The van der Waals surface area contributed by atoms with E-state index in [0.717, 1.165) is 24.0 Å². The summed E-state index contributed by atoms with van der Waals surface area (Å²) in [6.07, 6.45) is 1.55. The quantitative estimate of drug-likeness (QED) is 0.789. The Hall–Kier alpha value is -2.53. The summed E-state index contributed by atoms with van der Waals surface area (Å²) in [7, 11) is 0. The number of aryl methyl sites for hydroxylation is 1. The first-order chi connectivity index (χ1) is 13.4. The lowest BCUT2D eigenvalue weighted by molar-refractivity contribution is -0.132. The highest BCUT2D eigenvalue weighted by atomic mass is 35.5. The van der Waals surface area contributed by atoms with Crippen molar-refractivity contribution >= 4 is 29.2 Å². The highest BCUT2D eigenvalue weighted by Gasteiger charge is 2.39. The van der Waals surface area contributed by atoms with E-state index in [2.05, 4.69) is 10.6 Å². The number of rotatable bonds is 4. The monoisotopic (exact) mass is 399 g/mol. The summed E-state index contributed by atoms with van der Waals surface area (Å²) in [5, 5.41) is 6.48. The van der Waals surface area contributed by atoms with Gasteiger partial charge < -0.3 is 15.5 Å². The van der Waals surface area contributed by atoms with Gasteiger partial charge in [0.2, 0.25) is 5.91 Å². The van der Waals surface area contributed by atoms with Gasteiger partial charge in [0.1, 0.15) is 0 Å². The molecule has 3 amide bonds. The molecule has 1 heterocycles. The number of carbonyl (C=O) groups is 2. The Labute approximate surface area is 171 Å². The van der Waals surface area contributed by atoms with Crippen molar-refractivity contribution in [3.63, 3.8) is 0 Å². The number of hydrogen-bond acceptors (Lipinski definition) is 2. The molecular formula is C22H26ClN3O2. The van der Waals surface area contributed by atoms with Gasteiger partial charge >= 0.3 is 6.03 Å². The van der Waals surface area contributed by atoms with Gasteiger partial charge in [-0.25, -0.2) is 4.79 Å². The summed E-state index contributed by atoms with van der Waals surface area (Å²) in [6.45, 7) is 5.48. The Morgan fingerprint density at radius 2 is 1.96 bits per heavy atom. The second-order valence-corrected chi connectivity index (χ2v) is 8.07. The first kappa shape index (κ1) is 20.2. The number of hydrogen-bond donors (Lipinski definition) is 2.